The highest BCUT2D eigenvalue weighted by atomic mass is 35.5. The van der Waals surface area contributed by atoms with Crippen molar-refractivity contribution in [3.63, 3.8) is 0 Å². The van der Waals surface area contributed by atoms with Crippen molar-refractivity contribution >= 4 is 34.8 Å². The van der Waals surface area contributed by atoms with Crippen molar-refractivity contribution in [3.05, 3.63) is 33.3 Å². The number of benzene rings is 1. The lowest BCUT2D eigenvalue weighted by atomic mass is 9.86. The zero-order chi connectivity index (χ0) is 17.0. The standard InChI is InChI=1S/C15H18ClN3O4/c1-9-4-2-3-5-12(9)18-15(21)14(20)17-10-6-7-11(16)13(8-10)19(22)23/h6-9,12H,2-5H2,1H3,(H,17,20)(H,18,21). The average molecular weight is 340 g/mol. The van der Waals surface area contributed by atoms with E-state index in [4.69, 9.17) is 11.6 Å². The van der Waals surface area contributed by atoms with Gasteiger partial charge in [-0.15, -0.1) is 0 Å². The number of rotatable bonds is 3. The molecule has 0 aromatic heterocycles. The molecule has 1 fully saturated rings. The molecule has 1 aromatic carbocycles. The fourth-order valence-corrected chi connectivity index (χ4v) is 2.87. The van der Waals surface area contributed by atoms with Crippen LogP contribution in [0.5, 0.6) is 0 Å². The molecule has 0 saturated heterocycles. The third kappa shape index (κ3) is 4.41. The number of carbonyl (C=O) groups is 2. The Hall–Kier alpha value is -2.15. The molecule has 0 aliphatic heterocycles. The second-order valence-electron chi connectivity index (χ2n) is 5.72. The van der Waals surface area contributed by atoms with Gasteiger partial charge in [-0.3, -0.25) is 19.7 Å². The number of halogens is 1. The van der Waals surface area contributed by atoms with Gasteiger partial charge in [-0.05, 0) is 30.9 Å². The lowest BCUT2D eigenvalue weighted by Gasteiger charge is -2.29. The van der Waals surface area contributed by atoms with Gasteiger partial charge < -0.3 is 10.6 Å². The fourth-order valence-electron chi connectivity index (χ4n) is 2.68. The minimum Gasteiger partial charge on any atom is -0.345 e. The van der Waals surface area contributed by atoms with Crippen LogP contribution in [0, 0.1) is 16.0 Å². The summed E-state index contributed by atoms with van der Waals surface area (Å²) in [4.78, 5) is 34.1. The Balaban J connectivity index is 1.99. The second kappa shape index (κ2) is 7.41. The summed E-state index contributed by atoms with van der Waals surface area (Å²) in [7, 11) is 0. The molecule has 2 N–H and O–H groups in total. The Morgan fingerprint density at radius 1 is 1.26 bits per heavy atom. The van der Waals surface area contributed by atoms with E-state index in [1.165, 1.54) is 12.1 Å². The molecule has 2 unspecified atom stereocenters. The summed E-state index contributed by atoms with van der Waals surface area (Å²) in [6.45, 7) is 2.05. The summed E-state index contributed by atoms with van der Waals surface area (Å²) >= 11 is 5.70. The molecule has 124 valence electrons. The van der Waals surface area contributed by atoms with Crippen LogP contribution in [-0.2, 0) is 9.59 Å². The van der Waals surface area contributed by atoms with Crippen molar-refractivity contribution in [1.29, 1.82) is 0 Å². The van der Waals surface area contributed by atoms with E-state index < -0.39 is 16.7 Å². The summed E-state index contributed by atoms with van der Waals surface area (Å²) < 4.78 is 0. The van der Waals surface area contributed by atoms with E-state index in [0.29, 0.717) is 5.92 Å². The first-order valence-corrected chi connectivity index (χ1v) is 7.82. The molecule has 7 nitrogen and oxygen atoms in total. The van der Waals surface area contributed by atoms with E-state index in [1.807, 2.05) is 6.92 Å². The van der Waals surface area contributed by atoms with Crippen molar-refractivity contribution in [1.82, 2.24) is 5.32 Å². The maximum Gasteiger partial charge on any atom is 0.313 e. The Bertz CT molecular complexity index is 635. The predicted octanol–water partition coefficient (Wildman–Crippen LogP) is 2.88. The van der Waals surface area contributed by atoms with Crippen LogP contribution < -0.4 is 10.6 Å². The van der Waals surface area contributed by atoms with E-state index in [-0.39, 0.29) is 22.4 Å². The summed E-state index contributed by atoms with van der Waals surface area (Å²) in [5, 5.41) is 15.9. The number of amides is 2. The normalized spacial score (nSPS) is 20.6. The van der Waals surface area contributed by atoms with Crippen LogP contribution in [-0.4, -0.2) is 22.8 Å². The Morgan fingerprint density at radius 2 is 1.96 bits per heavy atom. The van der Waals surface area contributed by atoms with Crippen molar-refractivity contribution in [2.45, 2.75) is 38.6 Å². The van der Waals surface area contributed by atoms with Gasteiger partial charge in [0.15, 0.2) is 0 Å². The Morgan fingerprint density at radius 3 is 2.61 bits per heavy atom. The topological polar surface area (TPSA) is 101 Å². The van der Waals surface area contributed by atoms with Crippen LogP contribution in [0.15, 0.2) is 18.2 Å². The number of nitro groups is 1. The highest BCUT2D eigenvalue weighted by Gasteiger charge is 2.25. The number of nitro benzene ring substituents is 1. The summed E-state index contributed by atoms with van der Waals surface area (Å²) in [6.07, 6.45) is 4.04. The third-order valence-corrected chi connectivity index (χ3v) is 4.35. The van der Waals surface area contributed by atoms with Gasteiger partial charge in [-0.1, -0.05) is 31.4 Å². The maximum atomic E-state index is 12.0. The second-order valence-corrected chi connectivity index (χ2v) is 6.13. The first kappa shape index (κ1) is 17.2. The molecule has 2 rings (SSSR count). The number of nitrogens with zero attached hydrogens (tertiary/aromatic N) is 1. The third-order valence-electron chi connectivity index (χ3n) is 4.03. The molecule has 8 heteroatoms. The number of hydrogen-bond donors (Lipinski definition) is 2. The maximum absolute atomic E-state index is 12.0. The summed E-state index contributed by atoms with van der Waals surface area (Å²) in [6, 6.07) is 3.82. The van der Waals surface area contributed by atoms with Crippen LogP contribution in [0.3, 0.4) is 0 Å². The van der Waals surface area contributed by atoms with E-state index in [1.54, 1.807) is 0 Å². The molecule has 0 heterocycles. The van der Waals surface area contributed by atoms with E-state index in [2.05, 4.69) is 10.6 Å². The van der Waals surface area contributed by atoms with Gasteiger partial charge in [0.25, 0.3) is 5.69 Å². The lowest BCUT2D eigenvalue weighted by molar-refractivity contribution is -0.384. The highest BCUT2D eigenvalue weighted by Crippen LogP contribution is 2.27. The molecule has 1 aliphatic carbocycles. The van der Waals surface area contributed by atoms with Crippen LogP contribution in [0.1, 0.15) is 32.6 Å². The molecule has 2 atom stereocenters. The average Bonchev–Trinajstić information content (AvgIpc) is 2.51. The molecule has 2 amide bonds. The number of hydrogen-bond acceptors (Lipinski definition) is 4. The van der Waals surface area contributed by atoms with Crippen LogP contribution in [0.25, 0.3) is 0 Å². The number of anilines is 1. The molecule has 23 heavy (non-hydrogen) atoms. The van der Waals surface area contributed by atoms with Crippen LogP contribution >= 0.6 is 11.6 Å². The Labute approximate surface area is 138 Å². The van der Waals surface area contributed by atoms with E-state index in [0.717, 1.165) is 31.7 Å². The molecule has 0 spiro atoms. The Kier molecular flexibility index (Phi) is 5.54. The van der Waals surface area contributed by atoms with Gasteiger partial charge in [0.05, 0.1) is 4.92 Å². The monoisotopic (exact) mass is 339 g/mol. The van der Waals surface area contributed by atoms with Crippen LogP contribution in [0.2, 0.25) is 5.02 Å². The predicted molar refractivity (Wildman–Crippen MR) is 86.3 cm³/mol. The number of carbonyl (C=O) groups excluding carboxylic acids is 2. The van der Waals surface area contributed by atoms with Crippen molar-refractivity contribution in [2.24, 2.45) is 5.92 Å². The minimum absolute atomic E-state index is 0.0125. The molecule has 0 bridgehead atoms. The highest BCUT2D eigenvalue weighted by molar-refractivity contribution is 6.39. The smallest absolute Gasteiger partial charge is 0.313 e. The van der Waals surface area contributed by atoms with E-state index in [9.17, 15) is 19.7 Å². The van der Waals surface area contributed by atoms with E-state index >= 15 is 0 Å². The minimum atomic E-state index is -0.848. The zero-order valence-corrected chi connectivity index (χ0v) is 13.4. The van der Waals surface area contributed by atoms with Crippen LogP contribution in [0.4, 0.5) is 11.4 Å². The molecular formula is C15H18ClN3O4. The summed E-state index contributed by atoms with van der Waals surface area (Å²) in [5.41, 5.74) is -0.177. The lowest BCUT2D eigenvalue weighted by Crippen LogP contribution is -2.45. The first-order valence-electron chi connectivity index (χ1n) is 7.44. The molecule has 0 radical (unpaired) electrons. The quantitative estimate of drug-likeness (QED) is 0.502. The summed E-state index contributed by atoms with van der Waals surface area (Å²) in [5.74, 6) is -1.25. The molecular weight excluding hydrogens is 322 g/mol. The SMILES string of the molecule is CC1CCCCC1NC(=O)C(=O)Nc1ccc(Cl)c([N+](=O)[O-])c1. The first-order chi connectivity index (χ1) is 10.9. The van der Waals surface area contributed by atoms with Gasteiger partial charge in [0.2, 0.25) is 0 Å². The van der Waals surface area contributed by atoms with Gasteiger partial charge in [-0.2, -0.15) is 0 Å². The molecule has 1 aromatic rings. The van der Waals surface area contributed by atoms with Gasteiger partial charge >= 0.3 is 11.8 Å². The number of nitrogens with one attached hydrogen (secondary N) is 2. The van der Waals surface area contributed by atoms with Crippen molar-refractivity contribution in [3.8, 4) is 0 Å². The largest absolute Gasteiger partial charge is 0.345 e. The van der Waals surface area contributed by atoms with Gasteiger partial charge in [-0.25, -0.2) is 0 Å². The zero-order valence-electron chi connectivity index (χ0n) is 12.7. The molecule has 1 saturated carbocycles. The fraction of sp³-hybridized carbons (Fsp3) is 0.467. The van der Waals surface area contributed by atoms with Gasteiger partial charge in [0.1, 0.15) is 5.02 Å². The molecule has 1 aliphatic rings. The van der Waals surface area contributed by atoms with Crippen molar-refractivity contribution in [2.75, 3.05) is 5.32 Å². The van der Waals surface area contributed by atoms with Crippen molar-refractivity contribution < 1.29 is 14.5 Å². The van der Waals surface area contributed by atoms with Gasteiger partial charge in [0, 0.05) is 17.8 Å².